The van der Waals surface area contributed by atoms with Crippen LogP contribution in [0.2, 0.25) is 0 Å². The van der Waals surface area contributed by atoms with Gasteiger partial charge in [0.1, 0.15) is 10.4 Å². The maximum Gasteiger partial charge on any atom is 0.407 e. The van der Waals surface area contributed by atoms with Crippen LogP contribution in [-0.4, -0.2) is 37.1 Å². The Bertz CT molecular complexity index is 566. The first-order valence-electron chi connectivity index (χ1n) is 5.31. The van der Waals surface area contributed by atoms with Crippen molar-refractivity contribution in [3.63, 3.8) is 0 Å². The average Bonchev–Trinajstić information content (AvgIpc) is 3.09. The second kappa shape index (κ2) is 4.30. The van der Waals surface area contributed by atoms with E-state index in [2.05, 4.69) is 15.3 Å². The topological polar surface area (TPSA) is 84.0 Å². The molecule has 0 unspecified atom stereocenters. The van der Waals surface area contributed by atoms with Gasteiger partial charge in [-0.05, 0) is 12.8 Å². The molecular formula is C9H11F3N4O2S. The van der Waals surface area contributed by atoms with E-state index in [0.717, 1.165) is 12.4 Å². The molecule has 0 atom stereocenters. The van der Waals surface area contributed by atoms with Gasteiger partial charge >= 0.3 is 6.18 Å². The Morgan fingerprint density at radius 1 is 1.26 bits per heavy atom. The fraction of sp³-hybridized carbons (Fsp3) is 0.556. The van der Waals surface area contributed by atoms with Crippen molar-refractivity contribution in [2.24, 2.45) is 0 Å². The average molecular weight is 296 g/mol. The Hall–Kier alpha value is -1.42. The number of aromatic nitrogens is 2. The zero-order chi connectivity index (χ0) is 14.3. The van der Waals surface area contributed by atoms with Gasteiger partial charge in [-0.1, -0.05) is 0 Å². The van der Waals surface area contributed by atoms with Crippen molar-refractivity contribution >= 4 is 16.0 Å². The number of anilines is 1. The predicted molar refractivity (Wildman–Crippen MR) is 59.9 cm³/mol. The second-order valence-corrected chi connectivity index (χ2v) is 5.86. The zero-order valence-electron chi connectivity index (χ0n) is 9.82. The van der Waals surface area contributed by atoms with Crippen LogP contribution < -0.4 is 10.0 Å². The van der Waals surface area contributed by atoms with Crippen molar-refractivity contribution < 1.29 is 21.6 Å². The Labute approximate surface area is 107 Å². The molecule has 0 saturated heterocycles. The highest BCUT2D eigenvalue weighted by Crippen LogP contribution is 2.49. The molecule has 1 saturated carbocycles. The molecule has 6 nitrogen and oxygen atoms in total. The van der Waals surface area contributed by atoms with Crippen LogP contribution in [-0.2, 0) is 10.0 Å². The molecule has 1 aliphatic rings. The monoisotopic (exact) mass is 296 g/mol. The van der Waals surface area contributed by atoms with E-state index in [-0.39, 0.29) is 18.8 Å². The van der Waals surface area contributed by atoms with Crippen LogP contribution in [0.3, 0.4) is 0 Å². The van der Waals surface area contributed by atoms with E-state index in [1.807, 2.05) is 0 Å². The molecule has 0 bridgehead atoms. The molecule has 2 rings (SSSR count). The van der Waals surface area contributed by atoms with Crippen molar-refractivity contribution in [1.82, 2.24) is 14.7 Å². The minimum Gasteiger partial charge on any atom is -0.357 e. The standard InChI is InChI=1S/C9H11F3N4O2S/c1-13-7-14-4-6(5-15-7)19(17,18)16-8(2-3-8)9(10,11)12/h4-5,16H,2-3H2,1H3,(H,13,14,15). The largest absolute Gasteiger partial charge is 0.407 e. The van der Waals surface area contributed by atoms with Crippen molar-refractivity contribution in [1.29, 1.82) is 0 Å². The summed E-state index contributed by atoms with van der Waals surface area (Å²) in [4.78, 5) is 6.91. The van der Waals surface area contributed by atoms with E-state index < -0.39 is 26.6 Å². The van der Waals surface area contributed by atoms with E-state index in [4.69, 9.17) is 0 Å². The Kier molecular flexibility index (Phi) is 3.17. The number of rotatable bonds is 4. The van der Waals surface area contributed by atoms with E-state index in [0.29, 0.717) is 0 Å². The minimum atomic E-state index is -4.61. The van der Waals surface area contributed by atoms with Gasteiger partial charge < -0.3 is 5.32 Å². The summed E-state index contributed by atoms with van der Waals surface area (Å²) in [6.45, 7) is 0. The Morgan fingerprint density at radius 2 is 1.79 bits per heavy atom. The molecule has 1 aliphatic carbocycles. The van der Waals surface area contributed by atoms with Crippen LogP contribution in [0.4, 0.5) is 19.1 Å². The highest BCUT2D eigenvalue weighted by molar-refractivity contribution is 7.89. The van der Waals surface area contributed by atoms with Crippen molar-refractivity contribution in [3.05, 3.63) is 12.4 Å². The summed E-state index contributed by atoms with van der Waals surface area (Å²) in [5, 5.41) is 2.57. The number of nitrogens with one attached hydrogen (secondary N) is 2. The lowest BCUT2D eigenvalue weighted by molar-refractivity contribution is -0.160. The molecule has 0 aliphatic heterocycles. The van der Waals surface area contributed by atoms with Gasteiger partial charge in [0, 0.05) is 7.05 Å². The van der Waals surface area contributed by atoms with Crippen LogP contribution in [0.1, 0.15) is 12.8 Å². The fourth-order valence-corrected chi connectivity index (χ4v) is 2.80. The number of sulfonamides is 1. The smallest absolute Gasteiger partial charge is 0.357 e. The maximum absolute atomic E-state index is 12.7. The summed E-state index contributed by atoms with van der Waals surface area (Å²) in [5.41, 5.74) is -2.34. The minimum absolute atomic E-state index is 0.177. The van der Waals surface area contributed by atoms with E-state index in [1.54, 1.807) is 4.72 Å². The van der Waals surface area contributed by atoms with Crippen molar-refractivity contribution in [2.45, 2.75) is 29.5 Å². The number of nitrogens with zero attached hydrogens (tertiary/aromatic N) is 2. The van der Waals surface area contributed by atoms with Gasteiger partial charge in [-0.2, -0.15) is 17.9 Å². The first-order chi connectivity index (χ1) is 8.70. The summed E-state index contributed by atoms with van der Waals surface area (Å²) < 4.78 is 63.4. The Morgan fingerprint density at radius 3 is 2.16 bits per heavy atom. The van der Waals surface area contributed by atoms with E-state index in [1.165, 1.54) is 7.05 Å². The highest BCUT2D eigenvalue weighted by Gasteiger charge is 2.65. The van der Waals surface area contributed by atoms with Gasteiger partial charge in [-0.25, -0.2) is 18.4 Å². The van der Waals surface area contributed by atoms with Crippen LogP contribution in [0.5, 0.6) is 0 Å². The van der Waals surface area contributed by atoms with Gasteiger partial charge in [0.05, 0.1) is 12.4 Å². The number of hydrogen-bond donors (Lipinski definition) is 2. The van der Waals surface area contributed by atoms with Crippen LogP contribution in [0.15, 0.2) is 17.3 Å². The molecule has 19 heavy (non-hydrogen) atoms. The predicted octanol–water partition coefficient (Wildman–Crippen LogP) is 0.891. The van der Waals surface area contributed by atoms with Crippen molar-refractivity contribution in [2.75, 3.05) is 12.4 Å². The number of halogens is 3. The lowest BCUT2D eigenvalue weighted by Crippen LogP contribution is -2.47. The van der Waals surface area contributed by atoms with Gasteiger partial charge in [-0.15, -0.1) is 0 Å². The summed E-state index contributed by atoms with van der Waals surface area (Å²) >= 11 is 0. The normalized spacial score (nSPS) is 18.1. The molecule has 106 valence electrons. The van der Waals surface area contributed by atoms with Crippen LogP contribution >= 0.6 is 0 Å². The fourth-order valence-electron chi connectivity index (χ4n) is 1.47. The summed E-state index contributed by atoms with van der Waals surface area (Å²) in [6, 6.07) is 0. The molecule has 1 aromatic heterocycles. The second-order valence-electron chi connectivity index (χ2n) is 4.18. The van der Waals surface area contributed by atoms with Crippen LogP contribution in [0, 0.1) is 0 Å². The summed E-state index contributed by atoms with van der Waals surface area (Å²) in [5.74, 6) is 0.177. The number of alkyl halides is 3. The SMILES string of the molecule is CNc1ncc(S(=O)(=O)NC2(C(F)(F)F)CC2)cn1. The molecule has 0 amide bonds. The lowest BCUT2D eigenvalue weighted by Gasteiger charge is -2.20. The van der Waals surface area contributed by atoms with E-state index in [9.17, 15) is 21.6 Å². The first-order valence-corrected chi connectivity index (χ1v) is 6.79. The summed E-state index contributed by atoms with van der Waals surface area (Å²) in [6.07, 6.45) is -3.22. The van der Waals surface area contributed by atoms with Gasteiger partial charge in [-0.3, -0.25) is 0 Å². The third kappa shape index (κ3) is 2.63. The Balaban J connectivity index is 2.23. The molecular weight excluding hydrogens is 285 g/mol. The van der Waals surface area contributed by atoms with E-state index >= 15 is 0 Å². The number of hydrogen-bond acceptors (Lipinski definition) is 5. The van der Waals surface area contributed by atoms with Crippen LogP contribution in [0.25, 0.3) is 0 Å². The van der Waals surface area contributed by atoms with Gasteiger partial charge in [0.15, 0.2) is 0 Å². The molecule has 0 radical (unpaired) electrons. The molecule has 0 spiro atoms. The van der Waals surface area contributed by atoms with Gasteiger partial charge in [0.2, 0.25) is 16.0 Å². The quantitative estimate of drug-likeness (QED) is 0.862. The maximum atomic E-state index is 12.7. The summed E-state index contributed by atoms with van der Waals surface area (Å²) in [7, 11) is -2.75. The highest BCUT2D eigenvalue weighted by atomic mass is 32.2. The molecule has 1 heterocycles. The lowest BCUT2D eigenvalue weighted by atomic mass is 10.3. The molecule has 1 aromatic rings. The third-order valence-electron chi connectivity index (χ3n) is 2.78. The molecule has 1 fully saturated rings. The zero-order valence-corrected chi connectivity index (χ0v) is 10.6. The van der Waals surface area contributed by atoms with Crippen molar-refractivity contribution in [3.8, 4) is 0 Å². The molecule has 0 aromatic carbocycles. The molecule has 10 heteroatoms. The molecule has 2 N–H and O–H groups in total. The third-order valence-corrected chi connectivity index (χ3v) is 4.28. The first kappa shape index (κ1) is 14.0. The van der Waals surface area contributed by atoms with Gasteiger partial charge in [0.25, 0.3) is 0 Å².